The molecule has 3 aromatic rings. The summed E-state index contributed by atoms with van der Waals surface area (Å²) in [5.41, 5.74) is 4.49. The van der Waals surface area contributed by atoms with Gasteiger partial charge < -0.3 is 24.5 Å². The lowest BCUT2D eigenvalue weighted by molar-refractivity contribution is -0.139. The molecular weight excluding hydrogens is 579 g/mol. The van der Waals surface area contributed by atoms with Gasteiger partial charge >= 0.3 is 11.8 Å². The molecule has 0 aliphatic carbocycles. The third kappa shape index (κ3) is 8.12. The van der Waals surface area contributed by atoms with E-state index in [1.54, 1.807) is 30.3 Å². The van der Waals surface area contributed by atoms with Crippen molar-refractivity contribution in [1.29, 1.82) is 0 Å². The molecule has 2 aromatic carbocycles. The Labute approximate surface area is 221 Å². The number of amides is 3. The van der Waals surface area contributed by atoms with Crippen LogP contribution in [0, 0.1) is 10.5 Å². The predicted octanol–water partition coefficient (Wildman–Crippen LogP) is 3.38. The van der Waals surface area contributed by atoms with Crippen LogP contribution in [0.4, 0.5) is 5.69 Å². The van der Waals surface area contributed by atoms with E-state index in [0.29, 0.717) is 38.7 Å². The number of hydrogen-bond donors (Lipinski definition) is 3. The van der Waals surface area contributed by atoms with E-state index in [2.05, 4.69) is 43.8 Å². The van der Waals surface area contributed by atoms with E-state index in [-0.39, 0.29) is 19.1 Å². The second-order valence-electron chi connectivity index (χ2n) is 7.43. The highest BCUT2D eigenvalue weighted by Crippen LogP contribution is 2.34. The molecule has 0 spiro atoms. The van der Waals surface area contributed by atoms with Crippen LogP contribution in [0.5, 0.6) is 11.5 Å². The minimum Gasteiger partial charge on any atom is -0.490 e. The zero-order valence-corrected chi connectivity index (χ0v) is 21.8. The molecule has 0 aliphatic heterocycles. The van der Waals surface area contributed by atoms with Crippen LogP contribution in [0.2, 0.25) is 0 Å². The molecule has 0 aliphatic rings. The third-order valence-corrected chi connectivity index (χ3v) is 5.37. The van der Waals surface area contributed by atoms with E-state index >= 15 is 0 Å². The van der Waals surface area contributed by atoms with Crippen molar-refractivity contribution in [3.63, 3.8) is 0 Å². The Hall–Kier alpha value is -3.87. The fourth-order valence-electron chi connectivity index (χ4n) is 3.00. The van der Waals surface area contributed by atoms with E-state index in [1.165, 1.54) is 12.5 Å². The number of carbonyl (C=O) groups excluding carboxylic acids is 3. The van der Waals surface area contributed by atoms with Gasteiger partial charge in [-0.25, -0.2) is 5.43 Å². The first-order valence-electron chi connectivity index (χ1n) is 10.9. The lowest BCUT2D eigenvalue weighted by Crippen LogP contribution is -2.37. The summed E-state index contributed by atoms with van der Waals surface area (Å²) in [6.45, 7) is 4.01. The lowest BCUT2D eigenvalue weighted by Gasteiger charge is -2.14. The average Bonchev–Trinajstić information content (AvgIpc) is 3.36. The molecule has 188 valence electrons. The Balaban J connectivity index is 1.58. The smallest absolute Gasteiger partial charge is 0.329 e. The Bertz CT molecular complexity index is 1240. The Morgan fingerprint density at radius 2 is 1.92 bits per heavy atom. The number of halogens is 1. The van der Waals surface area contributed by atoms with Gasteiger partial charge in [-0.2, -0.15) is 5.10 Å². The van der Waals surface area contributed by atoms with Gasteiger partial charge in [0.1, 0.15) is 5.76 Å². The van der Waals surface area contributed by atoms with Gasteiger partial charge in [-0.05, 0) is 84.0 Å². The monoisotopic (exact) mass is 604 g/mol. The summed E-state index contributed by atoms with van der Waals surface area (Å²) >= 11 is 2.06. The minimum atomic E-state index is -0.919. The highest BCUT2D eigenvalue weighted by Gasteiger charge is 2.15. The number of ether oxygens (including phenoxy) is 2. The zero-order chi connectivity index (χ0) is 25.9. The van der Waals surface area contributed by atoms with Gasteiger partial charge in [-0.1, -0.05) is 12.1 Å². The van der Waals surface area contributed by atoms with Gasteiger partial charge in [0.05, 0.1) is 29.2 Å². The number of aryl methyl sites for hydroxylation is 1. The molecular formula is C25H25IN4O6. The van der Waals surface area contributed by atoms with Crippen LogP contribution >= 0.6 is 22.6 Å². The molecule has 0 unspecified atom stereocenters. The highest BCUT2D eigenvalue weighted by atomic mass is 127. The summed E-state index contributed by atoms with van der Waals surface area (Å²) in [5, 5.41) is 9.06. The van der Waals surface area contributed by atoms with Crippen LogP contribution in [0.1, 0.15) is 23.8 Å². The average molecular weight is 604 g/mol. The van der Waals surface area contributed by atoms with Crippen LogP contribution < -0.4 is 25.5 Å². The number of hydrazone groups is 1. The number of nitrogens with zero attached hydrogens (tertiary/aromatic N) is 1. The van der Waals surface area contributed by atoms with Crippen molar-refractivity contribution in [3.8, 4) is 11.5 Å². The molecule has 0 bridgehead atoms. The fourth-order valence-corrected chi connectivity index (χ4v) is 3.78. The van der Waals surface area contributed by atoms with Gasteiger partial charge in [0, 0.05) is 5.69 Å². The number of hydrogen-bond acceptors (Lipinski definition) is 7. The van der Waals surface area contributed by atoms with E-state index in [9.17, 15) is 14.4 Å². The topological polar surface area (TPSA) is 131 Å². The van der Waals surface area contributed by atoms with Crippen molar-refractivity contribution < 1.29 is 28.3 Å². The molecule has 3 rings (SSSR count). The van der Waals surface area contributed by atoms with Crippen LogP contribution in [0.15, 0.2) is 64.3 Å². The van der Waals surface area contributed by atoms with E-state index < -0.39 is 11.8 Å². The first-order valence-corrected chi connectivity index (χ1v) is 12.0. The standard InChI is InChI=1S/C25H25IN4O6/c1-3-34-21-12-17(13-28-30-25(33)24(32)27-14-19-8-5-9-35-19)11-20(26)23(21)36-15-22(31)29-18-7-4-6-16(2)10-18/h4-13H,3,14-15H2,1-2H3,(H,27,32)(H,29,31)(H,30,33)/b28-13-. The van der Waals surface area contributed by atoms with Crippen LogP contribution in [-0.4, -0.2) is 37.1 Å². The van der Waals surface area contributed by atoms with Crippen LogP contribution in [-0.2, 0) is 20.9 Å². The normalized spacial score (nSPS) is 10.6. The van der Waals surface area contributed by atoms with Gasteiger partial charge in [0.2, 0.25) is 0 Å². The summed E-state index contributed by atoms with van der Waals surface area (Å²) in [5.74, 6) is -0.727. The number of carbonyl (C=O) groups is 3. The van der Waals surface area contributed by atoms with Gasteiger partial charge in [-0.3, -0.25) is 14.4 Å². The summed E-state index contributed by atoms with van der Waals surface area (Å²) in [6, 6.07) is 14.2. The largest absolute Gasteiger partial charge is 0.490 e. The number of benzene rings is 2. The fraction of sp³-hybridized carbons (Fsp3) is 0.200. The maximum absolute atomic E-state index is 12.3. The lowest BCUT2D eigenvalue weighted by atomic mass is 10.2. The second-order valence-corrected chi connectivity index (χ2v) is 8.59. The molecule has 1 aromatic heterocycles. The maximum atomic E-state index is 12.3. The molecule has 10 nitrogen and oxygen atoms in total. The van der Waals surface area contributed by atoms with Gasteiger partial charge in [0.15, 0.2) is 18.1 Å². The van der Waals surface area contributed by atoms with Gasteiger partial charge in [0.25, 0.3) is 5.91 Å². The molecule has 0 radical (unpaired) electrons. The number of anilines is 1. The molecule has 0 saturated carbocycles. The number of nitrogens with one attached hydrogen (secondary N) is 3. The Kier molecular flexibility index (Phi) is 9.86. The molecule has 0 fully saturated rings. The third-order valence-electron chi connectivity index (χ3n) is 4.57. The summed E-state index contributed by atoms with van der Waals surface area (Å²) in [4.78, 5) is 36.1. The van der Waals surface area contributed by atoms with Crippen molar-refractivity contribution in [3.05, 3.63) is 75.3 Å². The van der Waals surface area contributed by atoms with Crippen molar-refractivity contribution in [1.82, 2.24) is 10.7 Å². The summed E-state index contributed by atoms with van der Waals surface area (Å²) < 4.78 is 17.2. The van der Waals surface area contributed by atoms with Crippen molar-refractivity contribution in [2.24, 2.45) is 5.10 Å². The molecule has 1 heterocycles. The van der Waals surface area contributed by atoms with Crippen molar-refractivity contribution >= 4 is 52.2 Å². The quantitative estimate of drug-likeness (QED) is 0.141. The summed E-state index contributed by atoms with van der Waals surface area (Å²) in [7, 11) is 0. The number of rotatable bonds is 10. The molecule has 0 saturated heterocycles. The first-order chi connectivity index (χ1) is 17.4. The molecule has 3 amide bonds. The molecule has 36 heavy (non-hydrogen) atoms. The van der Waals surface area contributed by atoms with Gasteiger partial charge in [-0.15, -0.1) is 0 Å². The maximum Gasteiger partial charge on any atom is 0.329 e. The molecule has 0 atom stereocenters. The van der Waals surface area contributed by atoms with Crippen LogP contribution in [0.25, 0.3) is 0 Å². The van der Waals surface area contributed by atoms with Crippen molar-refractivity contribution in [2.45, 2.75) is 20.4 Å². The molecule has 11 heteroatoms. The van der Waals surface area contributed by atoms with E-state index in [1.807, 2.05) is 32.0 Å². The zero-order valence-electron chi connectivity index (χ0n) is 19.7. The van der Waals surface area contributed by atoms with E-state index in [0.717, 1.165) is 5.56 Å². The summed E-state index contributed by atoms with van der Waals surface area (Å²) in [6.07, 6.45) is 2.84. The van der Waals surface area contributed by atoms with E-state index in [4.69, 9.17) is 13.9 Å². The number of furan rings is 1. The first kappa shape index (κ1) is 26.7. The Morgan fingerprint density at radius 3 is 2.64 bits per heavy atom. The SMILES string of the molecule is CCOc1cc(/C=N\NC(=O)C(=O)NCc2ccco2)cc(I)c1OCC(=O)Nc1cccc(C)c1. The predicted molar refractivity (Wildman–Crippen MR) is 142 cm³/mol. The van der Waals surface area contributed by atoms with Crippen LogP contribution in [0.3, 0.4) is 0 Å². The highest BCUT2D eigenvalue weighted by molar-refractivity contribution is 14.1. The Morgan fingerprint density at radius 1 is 1.08 bits per heavy atom. The minimum absolute atomic E-state index is 0.0867. The second kappa shape index (κ2) is 13.3. The molecule has 3 N–H and O–H groups in total. The van der Waals surface area contributed by atoms with Crippen molar-refractivity contribution in [2.75, 3.05) is 18.5 Å².